The highest BCUT2D eigenvalue weighted by atomic mass is 79.9. The molecular formula is C10H9BrN2O2S2. The van der Waals surface area contributed by atoms with Gasteiger partial charge in [0.2, 0.25) is 0 Å². The van der Waals surface area contributed by atoms with Crippen LogP contribution in [-0.2, 0) is 10.0 Å². The van der Waals surface area contributed by atoms with Crippen molar-refractivity contribution in [3.8, 4) is 0 Å². The number of nitrogens with zero attached hydrogens (tertiary/aromatic N) is 1. The molecule has 2 rings (SSSR count). The monoisotopic (exact) mass is 332 g/mol. The van der Waals surface area contributed by atoms with Gasteiger partial charge in [0.25, 0.3) is 10.0 Å². The van der Waals surface area contributed by atoms with Gasteiger partial charge in [0, 0.05) is 6.20 Å². The second kappa shape index (κ2) is 4.75. The number of thiophene rings is 1. The van der Waals surface area contributed by atoms with Crippen LogP contribution in [0.25, 0.3) is 0 Å². The van der Waals surface area contributed by atoms with E-state index in [1.165, 1.54) is 17.5 Å². The molecule has 0 unspecified atom stereocenters. The van der Waals surface area contributed by atoms with Gasteiger partial charge in [0.05, 0.1) is 15.7 Å². The number of nitrogens with one attached hydrogen (secondary N) is 1. The molecule has 0 saturated carbocycles. The summed E-state index contributed by atoms with van der Waals surface area (Å²) in [7, 11) is -3.52. The van der Waals surface area contributed by atoms with Gasteiger partial charge in [-0.15, -0.1) is 11.3 Å². The molecule has 0 amide bonds. The highest BCUT2D eigenvalue weighted by molar-refractivity contribution is 9.11. The summed E-state index contributed by atoms with van der Waals surface area (Å²) in [6, 6.07) is 4.96. The maximum absolute atomic E-state index is 12.0. The second-order valence-corrected chi connectivity index (χ2v) is 7.65. The SMILES string of the molecule is Cc1cc(S(=O)(=O)Nc2cccnc2)sc1Br. The number of anilines is 1. The third kappa shape index (κ3) is 2.85. The first-order valence-corrected chi connectivity index (χ1v) is 7.77. The Morgan fingerprint density at radius 3 is 2.76 bits per heavy atom. The topological polar surface area (TPSA) is 59.1 Å². The minimum absolute atomic E-state index is 0.283. The van der Waals surface area contributed by atoms with Gasteiger partial charge in [-0.2, -0.15) is 0 Å². The molecular weight excluding hydrogens is 324 g/mol. The smallest absolute Gasteiger partial charge is 0.271 e. The highest BCUT2D eigenvalue weighted by Gasteiger charge is 2.18. The molecule has 7 heteroatoms. The Bertz CT molecular complexity index is 604. The van der Waals surface area contributed by atoms with Crippen molar-refractivity contribution in [3.63, 3.8) is 0 Å². The van der Waals surface area contributed by atoms with Crippen LogP contribution in [0.2, 0.25) is 0 Å². The van der Waals surface area contributed by atoms with Crippen LogP contribution in [0, 0.1) is 6.92 Å². The number of hydrogen-bond donors (Lipinski definition) is 1. The van der Waals surface area contributed by atoms with Gasteiger partial charge in [-0.25, -0.2) is 8.42 Å². The van der Waals surface area contributed by atoms with Gasteiger partial charge in [-0.1, -0.05) is 0 Å². The zero-order chi connectivity index (χ0) is 12.5. The first-order valence-electron chi connectivity index (χ1n) is 4.68. The van der Waals surface area contributed by atoms with Gasteiger partial charge in [0.1, 0.15) is 4.21 Å². The van der Waals surface area contributed by atoms with Crippen molar-refractivity contribution >= 4 is 43.0 Å². The minimum atomic E-state index is -3.52. The molecule has 0 spiro atoms. The first kappa shape index (κ1) is 12.5. The molecule has 0 bridgehead atoms. The molecule has 0 aliphatic carbocycles. The van der Waals surface area contributed by atoms with Crippen LogP contribution in [0.15, 0.2) is 38.6 Å². The summed E-state index contributed by atoms with van der Waals surface area (Å²) in [4.78, 5) is 3.85. The van der Waals surface area contributed by atoms with E-state index in [1.54, 1.807) is 24.4 Å². The van der Waals surface area contributed by atoms with Crippen molar-refractivity contribution < 1.29 is 8.42 Å². The summed E-state index contributed by atoms with van der Waals surface area (Å²) in [6.07, 6.45) is 3.05. The standard InChI is InChI=1S/C10H9BrN2O2S2/c1-7-5-9(16-10(7)11)17(14,15)13-8-3-2-4-12-6-8/h2-6,13H,1H3. The van der Waals surface area contributed by atoms with Gasteiger partial charge >= 0.3 is 0 Å². The third-order valence-electron chi connectivity index (χ3n) is 2.01. The van der Waals surface area contributed by atoms with Gasteiger partial charge < -0.3 is 0 Å². The molecule has 2 heterocycles. The Kier molecular flexibility index (Phi) is 3.50. The molecule has 2 aromatic heterocycles. The molecule has 1 N–H and O–H groups in total. The molecule has 0 fully saturated rings. The first-order chi connectivity index (χ1) is 7.99. The maximum Gasteiger partial charge on any atom is 0.271 e. The van der Waals surface area contributed by atoms with Crippen LogP contribution in [0.1, 0.15) is 5.56 Å². The number of sulfonamides is 1. The maximum atomic E-state index is 12.0. The zero-order valence-corrected chi connectivity index (χ0v) is 12.1. The fourth-order valence-corrected chi connectivity index (χ4v) is 4.46. The van der Waals surface area contributed by atoms with E-state index in [1.807, 2.05) is 6.92 Å². The van der Waals surface area contributed by atoms with Crippen LogP contribution >= 0.6 is 27.3 Å². The lowest BCUT2D eigenvalue weighted by atomic mass is 10.4. The molecule has 4 nitrogen and oxygen atoms in total. The predicted molar refractivity (Wildman–Crippen MR) is 71.8 cm³/mol. The number of halogens is 1. The Morgan fingerprint density at radius 2 is 2.24 bits per heavy atom. The van der Waals surface area contributed by atoms with E-state index < -0.39 is 10.0 Å². The normalized spacial score (nSPS) is 11.4. The Balaban J connectivity index is 2.32. The van der Waals surface area contributed by atoms with Crippen molar-refractivity contribution in [2.24, 2.45) is 0 Å². The average molecular weight is 333 g/mol. The lowest BCUT2D eigenvalue weighted by Gasteiger charge is -2.04. The largest absolute Gasteiger partial charge is 0.277 e. The number of rotatable bonds is 3. The van der Waals surface area contributed by atoms with Crippen LogP contribution < -0.4 is 4.72 Å². The molecule has 0 radical (unpaired) electrons. The van der Waals surface area contributed by atoms with Crippen molar-refractivity contribution in [2.45, 2.75) is 11.1 Å². The van der Waals surface area contributed by atoms with Crippen LogP contribution in [-0.4, -0.2) is 13.4 Å². The average Bonchev–Trinajstić information content (AvgIpc) is 2.61. The molecule has 0 aliphatic heterocycles. The molecule has 0 aliphatic rings. The summed E-state index contributed by atoms with van der Waals surface area (Å²) in [6.45, 7) is 1.85. The lowest BCUT2D eigenvalue weighted by Crippen LogP contribution is -2.11. The van der Waals surface area contributed by atoms with Crippen molar-refractivity contribution in [3.05, 3.63) is 39.9 Å². The number of aryl methyl sites for hydroxylation is 1. The Hall–Kier alpha value is -0.920. The fourth-order valence-electron chi connectivity index (χ4n) is 1.19. The molecule has 2 aromatic rings. The van der Waals surface area contributed by atoms with Crippen molar-refractivity contribution in [1.82, 2.24) is 4.98 Å². The van der Waals surface area contributed by atoms with Crippen LogP contribution in [0.5, 0.6) is 0 Å². The summed E-state index contributed by atoms with van der Waals surface area (Å²) < 4.78 is 27.6. The number of hydrogen-bond acceptors (Lipinski definition) is 4. The van der Waals surface area contributed by atoms with Gasteiger partial charge in [0.15, 0.2) is 0 Å². The predicted octanol–water partition coefficient (Wildman–Crippen LogP) is 3.01. The summed E-state index contributed by atoms with van der Waals surface area (Å²) in [5.74, 6) is 0. The molecule has 17 heavy (non-hydrogen) atoms. The van der Waals surface area contributed by atoms with E-state index in [2.05, 4.69) is 25.6 Å². The van der Waals surface area contributed by atoms with Crippen molar-refractivity contribution in [1.29, 1.82) is 0 Å². The summed E-state index contributed by atoms with van der Waals surface area (Å²) in [5.41, 5.74) is 1.36. The van der Waals surface area contributed by atoms with E-state index in [9.17, 15) is 8.42 Å². The Morgan fingerprint density at radius 1 is 1.47 bits per heavy atom. The molecule has 0 saturated heterocycles. The van der Waals surface area contributed by atoms with Gasteiger partial charge in [-0.3, -0.25) is 9.71 Å². The van der Waals surface area contributed by atoms with E-state index in [0.717, 1.165) is 9.35 Å². The summed E-state index contributed by atoms with van der Waals surface area (Å²) in [5, 5.41) is 0. The fraction of sp³-hybridized carbons (Fsp3) is 0.100. The van der Waals surface area contributed by atoms with Crippen LogP contribution in [0.4, 0.5) is 5.69 Å². The van der Waals surface area contributed by atoms with Crippen molar-refractivity contribution in [2.75, 3.05) is 4.72 Å². The third-order valence-corrected chi connectivity index (χ3v) is 6.00. The second-order valence-electron chi connectivity index (χ2n) is 3.37. The van der Waals surface area contributed by atoms with E-state index in [0.29, 0.717) is 5.69 Å². The van der Waals surface area contributed by atoms with Gasteiger partial charge in [-0.05, 0) is 46.6 Å². The molecule has 0 aromatic carbocycles. The number of pyridine rings is 1. The minimum Gasteiger partial charge on any atom is -0.277 e. The van der Waals surface area contributed by atoms with E-state index >= 15 is 0 Å². The van der Waals surface area contributed by atoms with Crippen LogP contribution in [0.3, 0.4) is 0 Å². The number of aromatic nitrogens is 1. The molecule has 0 atom stereocenters. The van der Waals surface area contributed by atoms with E-state index in [4.69, 9.17) is 0 Å². The molecule has 90 valence electrons. The quantitative estimate of drug-likeness (QED) is 0.939. The Labute approximate surface area is 112 Å². The lowest BCUT2D eigenvalue weighted by molar-refractivity contribution is 0.603. The van der Waals surface area contributed by atoms with E-state index in [-0.39, 0.29) is 4.21 Å². The highest BCUT2D eigenvalue weighted by Crippen LogP contribution is 2.31. The zero-order valence-electron chi connectivity index (χ0n) is 8.84. The summed E-state index contributed by atoms with van der Waals surface area (Å²) >= 11 is 4.49.